The van der Waals surface area contributed by atoms with Gasteiger partial charge in [0, 0.05) is 6.42 Å². The van der Waals surface area contributed by atoms with Crippen molar-refractivity contribution in [2.75, 3.05) is 0 Å². The van der Waals surface area contributed by atoms with Crippen LogP contribution in [0.5, 0.6) is 0 Å². The highest BCUT2D eigenvalue weighted by atomic mass is 32.2. The van der Waals surface area contributed by atoms with Crippen molar-refractivity contribution in [3.63, 3.8) is 0 Å². The third-order valence-corrected chi connectivity index (χ3v) is 3.08. The minimum Gasteiger partial charge on any atom is -0.391 e. The Hall–Kier alpha value is -0.950. The molecule has 0 amide bonds. The Kier molecular flexibility index (Phi) is 2.51. The Morgan fingerprint density at radius 1 is 1.40 bits per heavy atom. The number of hydrogen-bond acceptors (Lipinski definition) is 3. The number of rotatable bonds is 2. The summed E-state index contributed by atoms with van der Waals surface area (Å²) in [6, 6.07) is 6.67. The average molecular weight is 228 g/mol. The fourth-order valence-corrected chi connectivity index (χ4v) is 2.53. The molecule has 0 saturated heterocycles. The first-order valence-electron chi connectivity index (χ1n) is 4.53. The van der Waals surface area contributed by atoms with Crippen LogP contribution in [-0.2, 0) is 16.6 Å². The molecule has 15 heavy (non-hydrogen) atoms. The van der Waals surface area contributed by atoms with Gasteiger partial charge in [0.05, 0.1) is 12.1 Å². The zero-order valence-corrected chi connectivity index (χ0v) is 8.74. The van der Waals surface area contributed by atoms with E-state index in [0.29, 0.717) is 6.42 Å². The average Bonchev–Trinajstić information content (AvgIpc) is 2.41. The molecule has 1 aromatic rings. The van der Waals surface area contributed by atoms with Crippen molar-refractivity contribution in [2.24, 2.45) is 5.14 Å². The van der Waals surface area contributed by atoms with Gasteiger partial charge < -0.3 is 5.11 Å². The van der Waals surface area contributed by atoms with Crippen LogP contribution in [0, 0.1) is 0 Å². The Labute approximate surface area is 88.1 Å². The predicted octanol–water partition coefficient (Wildman–Crippen LogP) is -0.562. The Morgan fingerprint density at radius 2 is 2.07 bits per heavy atom. The van der Waals surface area contributed by atoms with Gasteiger partial charge in [0.2, 0.25) is 0 Å². The van der Waals surface area contributed by atoms with E-state index in [9.17, 15) is 13.5 Å². The van der Waals surface area contributed by atoms with E-state index in [2.05, 4.69) is 4.72 Å². The summed E-state index contributed by atoms with van der Waals surface area (Å²) in [5, 5.41) is 14.6. The van der Waals surface area contributed by atoms with Gasteiger partial charge in [0.1, 0.15) is 0 Å². The maximum atomic E-state index is 10.9. The van der Waals surface area contributed by atoms with Gasteiger partial charge in [-0.05, 0) is 11.1 Å². The van der Waals surface area contributed by atoms with E-state index in [1.165, 1.54) is 0 Å². The van der Waals surface area contributed by atoms with Gasteiger partial charge >= 0.3 is 0 Å². The van der Waals surface area contributed by atoms with Crippen LogP contribution in [0.25, 0.3) is 0 Å². The summed E-state index contributed by atoms with van der Waals surface area (Å²) >= 11 is 0. The molecule has 0 radical (unpaired) electrons. The summed E-state index contributed by atoms with van der Waals surface area (Å²) in [7, 11) is -3.79. The summed E-state index contributed by atoms with van der Waals surface area (Å²) in [6.07, 6.45) is -0.302. The standard InChI is InChI=1S/C9H12N2O3S/c10-15(13,14)11-9-7-4-2-1-3-6(7)5-8(9)12/h1-4,8-9,11-12H,5H2,(H2,10,13,14)/t8-,9+/m0/s1. The molecule has 4 N–H and O–H groups in total. The molecule has 1 aliphatic rings. The van der Waals surface area contributed by atoms with E-state index in [4.69, 9.17) is 5.14 Å². The third kappa shape index (κ3) is 2.18. The molecule has 0 bridgehead atoms. The Morgan fingerprint density at radius 3 is 2.73 bits per heavy atom. The lowest BCUT2D eigenvalue weighted by Crippen LogP contribution is -2.38. The summed E-state index contributed by atoms with van der Waals surface area (Å²) in [5.41, 5.74) is 1.74. The first-order chi connectivity index (χ1) is 6.97. The quantitative estimate of drug-likeness (QED) is 0.633. The first-order valence-corrected chi connectivity index (χ1v) is 6.08. The second kappa shape index (κ2) is 3.57. The van der Waals surface area contributed by atoms with Gasteiger partial charge in [-0.25, -0.2) is 5.14 Å². The molecule has 0 spiro atoms. The summed E-state index contributed by atoms with van der Waals surface area (Å²) in [6.45, 7) is 0. The lowest BCUT2D eigenvalue weighted by molar-refractivity contribution is 0.151. The monoisotopic (exact) mass is 228 g/mol. The van der Waals surface area contributed by atoms with E-state index in [-0.39, 0.29) is 0 Å². The number of nitrogens with two attached hydrogens (primary N) is 1. The highest BCUT2D eigenvalue weighted by Crippen LogP contribution is 2.31. The summed E-state index contributed by atoms with van der Waals surface area (Å²) < 4.78 is 24.0. The molecular formula is C9H12N2O3S. The van der Waals surface area contributed by atoms with Crippen molar-refractivity contribution < 1.29 is 13.5 Å². The predicted molar refractivity (Wildman–Crippen MR) is 55.1 cm³/mol. The van der Waals surface area contributed by atoms with Crippen LogP contribution in [0.3, 0.4) is 0 Å². The number of hydrogen-bond donors (Lipinski definition) is 3. The first kappa shape index (κ1) is 10.6. The normalized spacial score (nSPS) is 25.2. The lowest BCUT2D eigenvalue weighted by atomic mass is 10.1. The molecule has 0 aromatic heterocycles. The molecule has 2 atom stereocenters. The van der Waals surface area contributed by atoms with Crippen LogP contribution in [0.4, 0.5) is 0 Å². The van der Waals surface area contributed by atoms with Crippen LogP contribution in [0.15, 0.2) is 24.3 Å². The van der Waals surface area contributed by atoms with Crippen molar-refractivity contribution in [1.29, 1.82) is 0 Å². The highest BCUT2D eigenvalue weighted by molar-refractivity contribution is 7.87. The second-order valence-electron chi connectivity index (χ2n) is 3.61. The van der Waals surface area contributed by atoms with E-state index in [0.717, 1.165) is 11.1 Å². The summed E-state index contributed by atoms with van der Waals surface area (Å²) in [5.74, 6) is 0. The number of aliphatic hydroxyl groups is 1. The van der Waals surface area contributed by atoms with E-state index < -0.39 is 22.4 Å². The van der Waals surface area contributed by atoms with Gasteiger partial charge in [-0.1, -0.05) is 24.3 Å². The molecule has 82 valence electrons. The molecule has 0 fully saturated rings. The SMILES string of the molecule is NS(=O)(=O)N[C@@H]1c2ccccc2C[C@@H]1O. The maximum Gasteiger partial charge on any atom is 0.275 e. The lowest BCUT2D eigenvalue weighted by Gasteiger charge is -2.15. The maximum absolute atomic E-state index is 10.9. The van der Waals surface area contributed by atoms with Crippen LogP contribution in [0.2, 0.25) is 0 Å². The van der Waals surface area contributed by atoms with Gasteiger partial charge in [-0.2, -0.15) is 13.1 Å². The van der Waals surface area contributed by atoms with Gasteiger partial charge in [-0.15, -0.1) is 0 Å². The molecule has 0 unspecified atom stereocenters. The molecule has 0 aliphatic heterocycles. The molecule has 1 aromatic carbocycles. The fourth-order valence-electron chi connectivity index (χ4n) is 1.89. The molecule has 0 heterocycles. The molecule has 0 saturated carbocycles. The zero-order valence-electron chi connectivity index (χ0n) is 7.92. The second-order valence-corrected chi connectivity index (χ2v) is 4.94. The van der Waals surface area contributed by atoms with Crippen LogP contribution in [0.1, 0.15) is 17.2 Å². The number of benzene rings is 1. The van der Waals surface area contributed by atoms with E-state index >= 15 is 0 Å². The number of nitrogens with one attached hydrogen (secondary N) is 1. The molecule has 2 rings (SSSR count). The molecule has 6 heteroatoms. The fraction of sp³-hybridized carbons (Fsp3) is 0.333. The van der Waals surface area contributed by atoms with Gasteiger partial charge in [-0.3, -0.25) is 0 Å². The van der Waals surface area contributed by atoms with Gasteiger partial charge in [0.15, 0.2) is 0 Å². The largest absolute Gasteiger partial charge is 0.391 e. The molecular weight excluding hydrogens is 216 g/mol. The molecule has 1 aliphatic carbocycles. The van der Waals surface area contributed by atoms with E-state index in [1.807, 2.05) is 12.1 Å². The van der Waals surface area contributed by atoms with Gasteiger partial charge in [0.25, 0.3) is 10.2 Å². The molecule has 5 nitrogen and oxygen atoms in total. The van der Waals surface area contributed by atoms with Crippen LogP contribution in [-0.4, -0.2) is 19.6 Å². The van der Waals surface area contributed by atoms with Crippen molar-refractivity contribution in [2.45, 2.75) is 18.6 Å². The smallest absolute Gasteiger partial charge is 0.275 e. The minimum atomic E-state index is -3.79. The van der Waals surface area contributed by atoms with Crippen molar-refractivity contribution in [1.82, 2.24) is 4.72 Å². The van der Waals surface area contributed by atoms with Crippen molar-refractivity contribution in [3.05, 3.63) is 35.4 Å². The van der Waals surface area contributed by atoms with Crippen molar-refractivity contribution in [3.8, 4) is 0 Å². The summed E-state index contributed by atoms with van der Waals surface area (Å²) in [4.78, 5) is 0. The van der Waals surface area contributed by atoms with Crippen LogP contribution >= 0.6 is 0 Å². The topological polar surface area (TPSA) is 92.4 Å². The van der Waals surface area contributed by atoms with Crippen LogP contribution < -0.4 is 9.86 Å². The minimum absolute atomic E-state index is 0.448. The van der Waals surface area contributed by atoms with Crippen molar-refractivity contribution >= 4 is 10.2 Å². The highest BCUT2D eigenvalue weighted by Gasteiger charge is 2.32. The van der Waals surface area contributed by atoms with E-state index in [1.54, 1.807) is 12.1 Å². The zero-order chi connectivity index (χ0) is 11.1. The Balaban J connectivity index is 2.34. The Bertz CT molecular complexity index is 472. The number of aliphatic hydroxyl groups excluding tert-OH is 1. The number of fused-ring (bicyclic) bond motifs is 1. The third-order valence-electron chi connectivity index (χ3n) is 2.50.